The number of halogens is 2. The minimum atomic E-state index is -2.98. The minimum Gasteiger partial charge on any atom is -0.493 e. The average molecular weight is 405 g/mol. The molecule has 0 unspecified atom stereocenters. The molecule has 0 bridgehead atoms. The van der Waals surface area contributed by atoms with Crippen LogP contribution in [0.25, 0.3) is 0 Å². The molecule has 0 saturated carbocycles. The Morgan fingerprint density at radius 1 is 1.17 bits per heavy atom. The van der Waals surface area contributed by atoms with Gasteiger partial charge in [0.05, 0.1) is 7.11 Å². The standard InChI is InChI=1S/C21H25F2N3O3/c1-15-13-25(14-16-6-4-3-5-7-16)10-11-26(15)21(27)24-17-8-9-18(28-2)19(12-17)29-20(22)23/h3-9,12,15,20H,10-11,13-14H2,1-2H3,(H,24,27)/t15-/m0/s1. The monoisotopic (exact) mass is 405 g/mol. The van der Waals surface area contributed by atoms with E-state index in [1.807, 2.05) is 25.1 Å². The quantitative estimate of drug-likeness (QED) is 0.788. The van der Waals surface area contributed by atoms with Crippen molar-refractivity contribution in [3.8, 4) is 11.5 Å². The Balaban J connectivity index is 1.60. The molecule has 0 spiro atoms. The van der Waals surface area contributed by atoms with E-state index in [0.717, 1.165) is 19.6 Å². The maximum Gasteiger partial charge on any atom is 0.387 e. The van der Waals surface area contributed by atoms with Crippen LogP contribution in [-0.2, 0) is 6.54 Å². The Morgan fingerprint density at radius 2 is 1.93 bits per heavy atom. The first-order valence-corrected chi connectivity index (χ1v) is 9.43. The molecule has 0 aromatic heterocycles. The van der Waals surface area contributed by atoms with Crippen molar-refractivity contribution in [2.45, 2.75) is 26.1 Å². The molecular weight excluding hydrogens is 380 g/mol. The van der Waals surface area contributed by atoms with Gasteiger partial charge in [-0.1, -0.05) is 30.3 Å². The van der Waals surface area contributed by atoms with Crippen molar-refractivity contribution in [2.75, 3.05) is 32.1 Å². The molecule has 1 fully saturated rings. The topological polar surface area (TPSA) is 54.0 Å². The van der Waals surface area contributed by atoms with Crippen molar-refractivity contribution < 1.29 is 23.0 Å². The van der Waals surface area contributed by atoms with Gasteiger partial charge in [0.15, 0.2) is 11.5 Å². The van der Waals surface area contributed by atoms with E-state index < -0.39 is 6.61 Å². The van der Waals surface area contributed by atoms with E-state index in [4.69, 9.17) is 4.74 Å². The molecule has 156 valence electrons. The van der Waals surface area contributed by atoms with E-state index in [9.17, 15) is 13.6 Å². The van der Waals surface area contributed by atoms with Gasteiger partial charge in [0.1, 0.15) is 0 Å². The molecule has 1 aliphatic heterocycles. The molecule has 1 N–H and O–H groups in total. The molecular formula is C21H25F2N3O3. The fraction of sp³-hybridized carbons (Fsp3) is 0.381. The van der Waals surface area contributed by atoms with Crippen molar-refractivity contribution >= 4 is 11.7 Å². The zero-order valence-corrected chi connectivity index (χ0v) is 16.5. The Hall–Kier alpha value is -2.87. The number of urea groups is 1. The molecule has 1 atom stereocenters. The summed E-state index contributed by atoms with van der Waals surface area (Å²) in [6, 6.07) is 14.4. The molecule has 29 heavy (non-hydrogen) atoms. The van der Waals surface area contributed by atoms with Crippen molar-refractivity contribution in [3.05, 3.63) is 54.1 Å². The second-order valence-electron chi connectivity index (χ2n) is 6.94. The highest BCUT2D eigenvalue weighted by molar-refractivity contribution is 5.90. The number of amides is 2. The smallest absolute Gasteiger partial charge is 0.387 e. The molecule has 1 aliphatic rings. The van der Waals surface area contributed by atoms with Crippen LogP contribution in [-0.4, -0.2) is 55.2 Å². The molecule has 2 aromatic carbocycles. The van der Waals surface area contributed by atoms with Gasteiger partial charge in [0.25, 0.3) is 0 Å². The van der Waals surface area contributed by atoms with Gasteiger partial charge in [-0.15, -0.1) is 0 Å². The zero-order chi connectivity index (χ0) is 20.8. The SMILES string of the molecule is COc1ccc(NC(=O)N2CCN(Cc3ccccc3)C[C@@H]2C)cc1OC(F)F. The zero-order valence-electron chi connectivity index (χ0n) is 16.5. The summed E-state index contributed by atoms with van der Waals surface area (Å²) in [4.78, 5) is 16.8. The van der Waals surface area contributed by atoms with Crippen LogP contribution in [0.4, 0.5) is 19.3 Å². The van der Waals surface area contributed by atoms with Gasteiger partial charge in [-0.3, -0.25) is 4.90 Å². The Bertz CT molecular complexity index is 820. The third-order valence-corrected chi connectivity index (χ3v) is 4.85. The number of hydrogen-bond acceptors (Lipinski definition) is 4. The first-order chi connectivity index (χ1) is 14.0. The van der Waals surface area contributed by atoms with Gasteiger partial charge >= 0.3 is 12.6 Å². The van der Waals surface area contributed by atoms with E-state index in [2.05, 4.69) is 27.1 Å². The number of hydrogen-bond donors (Lipinski definition) is 1. The van der Waals surface area contributed by atoms with Gasteiger partial charge in [0, 0.05) is 44.0 Å². The molecule has 1 saturated heterocycles. The highest BCUT2D eigenvalue weighted by Gasteiger charge is 2.27. The van der Waals surface area contributed by atoms with Crippen LogP contribution in [0.2, 0.25) is 0 Å². The van der Waals surface area contributed by atoms with E-state index in [-0.39, 0.29) is 23.6 Å². The largest absolute Gasteiger partial charge is 0.493 e. The molecule has 0 aliphatic carbocycles. The lowest BCUT2D eigenvalue weighted by Gasteiger charge is -2.39. The lowest BCUT2D eigenvalue weighted by Crippen LogP contribution is -2.54. The predicted molar refractivity (Wildman–Crippen MR) is 107 cm³/mol. The van der Waals surface area contributed by atoms with Crippen LogP contribution in [0.1, 0.15) is 12.5 Å². The highest BCUT2D eigenvalue weighted by Crippen LogP contribution is 2.31. The molecule has 0 radical (unpaired) electrons. The maximum atomic E-state index is 12.7. The third kappa shape index (κ3) is 5.57. The summed E-state index contributed by atoms with van der Waals surface area (Å²) < 4.78 is 34.7. The number of methoxy groups -OCH3 is 1. The molecule has 2 amide bonds. The van der Waals surface area contributed by atoms with Crippen LogP contribution in [0.3, 0.4) is 0 Å². The summed E-state index contributed by atoms with van der Waals surface area (Å²) in [6.45, 7) is 1.95. The van der Waals surface area contributed by atoms with Gasteiger partial charge < -0.3 is 19.7 Å². The van der Waals surface area contributed by atoms with Crippen molar-refractivity contribution in [2.24, 2.45) is 0 Å². The first kappa shape index (κ1) is 20.9. The third-order valence-electron chi connectivity index (χ3n) is 4.85. The van der Waals surface area contributed by atoms with E-state index >= 15 is 0 Å². The normalized spacial score (nSPS) is 17.3. The number of ether oxygens (including phenoxy) is 2. The Morgan fingerprint density at radius 3 is 2.59 bits per heavy atom. The second-order valence-corrected chi connectivity index (χ2v) is 6.94. The van der Waals surface area contributed by atoms with Gasteiger partial charge in [0.2, 0.25) is 0 Å². The number of nitrogens with zero attached hydrogens (tertiary/aromatic N) is 2. The van der Waals surface area contributed by atoms with E-state index in [1.165, 1.54) is 24.8 Å². The van der Waals surface area contributed by atoms with Crippen molar-refractivity contribution in [1.82, 2.24) is 9.80 Å². The van der Waals surface area contributed by atoms with Crippen LogP contribution in [0.15, 0.2) is 48.5 Å². The van der Waals surface area contributed by atoms with E-state index in [0.29, 0.717) is 12.2 Å². The number of alkyl halides is 2. The number of benzene rings is 2. The fourth-order valence-corrected chi connectivity index (χ4v) is 3.46. The summed E-state index contributed by atoms with van der Waals surface area (Å²) in [5.74, 6) is 0.0484. The number of rotatable bonds is 6. The average Bonchev–Trinajstić information content (AvgIpc) is 2.68. The lowest BCUT2D eigenvalue weighted by atomic mass is 10.1. The molecule has 8 heteroatoms. The van der Waals surface area contributed by atoms with Crippen LogP contribution < -0.4 is 14.8 Å². The number of carbonyl (C=O) groups is 1. The Kier molecular flexibility index (Phi) is 6.87. The van der Waals surface area contributed by atoms with Crippen molar-refractivity contribution in [1.29, 1.82) is 0 Å². The van der Waals surface area contributed by atoms with Gasteiger partial charge in [-0.25, -0.2) is 4.79 Å². The number of carbonyl (C=O) groups excluding carboxylic acids is 1. The summed E-state index contributed by atoms with van der Waals surface area (Å²) in [6.07, 6.45) is 0. The predicted octanol–water partition coefficient (Wildman–Crippen LogP) is 4.03. The number of piperazine rings is 1. The number of nitrogens with one attached hydrogen (secondary N) is 1. The molecule has 3 rings (SSSR count). The van der Waals surface area contributed by atoms with Crippen LogP contribution in [0.5, 0.6) is 11.5 Å². The summed E-state index contributed by atoms with van der Waals surface area (Å²) in [5.41, 5.74) is 1.60. The lowest BCUT2D eigenvalue weighted by molar-refractivity contribution is -0.0511. The summed E-state index contributed by atoms with van der Waals surface area (Å²) >= 11 is 0. The van der Waals surface area contributed by atoms with Gasteiger partial charge in [-0.05, 0) is 24.6 Å². The summed E-state index contributed by atoms with van der Waals surface area (Å²) in [5, 5.41) is 2.76. The highest BCUT2D eigenvalue weighted by atomic mass is 19.3. The molecule has 6 nitrogen and oxygen atoms in total. The maximum absolute atomic E-state index is 12.7. The molecule has 1 heterocycles. The van der Waals surface area contributed by atoms with E-state index in [1.54, 1.807) is 11.0 Å². The minimum absolute atomic E-state index is 0.0162. The van der Waals surface area contributed by atoms with Crippen LogP contribution >= 0.6 is 0 Å². The first-order valence-electron chi connectivity index (χ1n) is 9.43. The molecule has 2 aromatic rings. The number of anilines is 1. The van der Waals surface area contributed by atoms with Gasteiger partial charge in [-0.2, -0.15) is 8.78 Å². The Labute approximate surface area is 169 Å². The second kappa shape index (κ2) is 9.56. The fourth-order valence-electron chi connectivity index (χ4n) is 3.46. The van der Waals surface area contributed by atoms with Crippen LogP contribution in [0, 0.1) is 0 Å². The summed E-state index contributed by atoms with van der Waals surface area (Å²) in [7, 11) is 1.36. The van der Waals surface area contributed by atoms with Crippen molar-refractivity contribution in [3.63, 3.8) is 0 Å².